The van der Waals surface area contributed by atoms with E-state index in [-0.39, 0.29) is 18.1 Å². The van der Waals surface area contributed by atoms with E-state index in [4.69, 9.17) is 19.4 Å². The van der Waals surface area contributed by atoms with Gasteiger partial charge in [0.2, 0.25) is 12.2 Å². The Morgan fingerprint density at radius 3 is 2.38 bits per heavy atom. The first-order valence-corrected chi connectivity index (χ1v) is 16.2. The number of aryl methyl sites for hydroxylation is 1. The third-order valence-corrected chi connectivity index (χ3v) is 8.02. The zero-order valence-corrected chi connectivity index (χ0v) is 27.0. The summed E-state index contributed by atoms with van der Waals surface area (Å²) in [6.45, 7) is 3.84. The minimum Gasteiger partial charge on any atom is -0.431 e. The van der Waals surface area contributed by atoms with Crippen LogP contribution in [0, 0.1) is 0 Å². The lowest BCUT2D eigenvalue weighted by atomic mass is 9.98. The van der Waals surface area contributed by atoms with E-state index in [0.29, 0.717) is 25.1 Å². The molecule has 0 bridgehead atoms. The summed E-state index contributed by atoms with van der Waals surface area (Å²) in [5, 5.41) is 12.0. The van der Waals surface area contributed by atoms with E-state index in [1.54, 1.807) is 29.7 Å². The molecule has 1 fully saturated rings. The van der Waals surface area contributed by atoms with Crippen LogP contribution in [0.15, 0.2) is 60.8 Å². The third-order valence-electron chi connectivity index (χ3n) is 8.02. The number of hydrogen-bond donors (Lipinski definition) is 3. The number of carbonyl (C=O) groups is 4. The summed E-state index contributed by atoms with van der Waals surface area (Å²) in [7, 11) is 0. The lowest BCUT2D eigenvalue weighted by Crippen LogP contribution is -2.41. The average molecular weight is 649 g/mol. The van der Waals surface area contributed by atoms with E-state index in [9.17, 15) is 19.2 Å². The van der Waals surface area contributed by atoms with Gasteiger partial charge in [0.05, 0.1) is 11.8 Å². The van der Waals surface area contributed by atoms with Crippen molar-refractivity contribution in [3.8, 4) is 0 Å². The predicted octanol–water partition coefficient (Wildman–Crippen LogP) is 5.50. The number of nitrogens with zero attached hydrogens (tertiary/aromatic N) is 2. The first-order valence-electron chi connectivity index (χ1n) is 16.2. The highest BCUT2D eigenvalue weighted by molar-refractivity contribution is 5.93. The number of benzene rings is 2. The van der Waals surface area contributed by atoms with Crippen molar-refractivity contribution in [2.75, 3.05) is 0 Å². The fraction of sp³-hybridized carbons (Fsp3) is 0.457. The van der Waals surface area contributed by atoms with E-state index < -0.39 is 36.3 Å². The maximum atomic E-state index is 13.6. The van der Waals surface area contributed by atoms with Crippen molar-refractivity contribution in [1.82, 2.24) is 20.3 Å². The second kappa shape index (κ2) is 17.8. The Kier molecular flexibility index (Phi) is 13.3. The van der Waals surface area contributed by atoms with Crippen LogP contribution in [-0.2, 0) is 38.4 Å². The molecule has 1 aromatic heterocycles. The molecular weight excluding hydrogens is 604 g/mol. The van der Waals surface area contributed by atoms with Gasteiger partial charge in [-0.3, -0.25) is 14.8 Å². The first-order chi connectivity index (χ1) is 22.7. The molecule has 1 aliphatic carbocycles. The number of hydrogen-bond acceptors (Lipinski definition) is 9. The number of ether oxygens (including phenoxy) is 3. The van der Waals surface area contributed by atoms with E-state index in [0.717, 1.165) is 61.9 Å². The van der Waals surface area contributed by atoms with Crippen LogP contribution in [0.2, 0.25) is 0 Å². The monoisotopic (exact) mass is 648 g/mol. The lowest BCUT2D eigenvalue weighted by Gasteiger charge is -2.22. The Morgan fingerprint density at radius 1 is 0.979 bits per heavy atom. The van der Waals surface area contributed by atoms with Crippen molar-refractivity contribution in [3.63, 3.8) is 0 Å². The van der Waals surface area contributed by atoms with Crippen molar-refractivity contribution in [1.29, 1.82) is 0 Å². The van der Waals surface area contributed by atoms with Crippen LogP contribution in [0.1, 0.15) is 103 Å². The number of carbonyl (C=O) groups excluding carboxylic acids is 4. The van der Waals surface area contributed by atoms with Crippen molar-refractivity contribution in [2.24, 2.45) is 0 Å². The summed E-state index contributed by atoms with van der Waals surface area (Å²) >= 11 is 0. The van der Waals surface area contributed by atoms with Crippen molar-refractivity contribution >= 4 is 23.9 Å². The molecule has 2 aromatic carbocycles. The Hall–Kier alpha value is -4.71. The van der Waals surface area contributed by atoms with Gasteiger partial charge in [-0.15, -0.1) is 0 Å². The average Bonchev–Trinajstić information content (AvgIpc) is 3.46. The van der Waals surface area contributed by atoms with Gasteiger partial charge in [0.1, 0.15) is 17.6 Å². The summed E-state index contributed by atoms with van der Waals surface area (Å²) < 4.78 is 17.6. The smallest absolute Gasteiger partial charge is 0.431 e. The van der Waals surface area contributed by atoms with Crippen molar-refractivity contribution in [2.45, 2.75) is 103 Å². The molecule has 0 radical (unpaired) electrons. The maximum Gasteiger partial charge on any atom is 0.511 e. The lowest BCUT2D eigenvalue weighted by molar-refractivity contribution is -0.129. The Balaban J connectivity index is 1.41. The van der Waals surface area contributed by atoms with Crippen LogP contribution in [0.25, 0.3) is 0 Å². The molecule has 0 aliphatic heterocycles. The molecule has 0 saturated heterocycles. The molecule has 12 heteroatoms. The standard InChI is InChI=1S/C35H44N4O8/c1-3-4-15-31-36-22-30(33(41)37-28(21-32(40)38-44)20-25-11-7-5-8-12-25)39(31)23-26-16-18-27(19-17-26)34(42)45-24(2)46-35(43)47-29-13-9-6-10-14-29/h5,7-8,11-12,16-19,22,24,28-29,44H,3-4,6,9-10,13-15,20-21,23H2,1-2H3,(H,37,41)(H,38,40). The van der Waals surface area contributed by atoms with E-state index in [1.807, 2.05) is 34.9 Å². The zero-order chi connectivity index (χ0) is 33.6. The molecule has 12 nitrogen and oxygen atoms in total. The SMILES string of the molecule is CCCCc1ncc(C(=O)NC(CC(=O)NO)Cc2ccccc2)n1Cc1ccc(C(=O)OC(C)OC(=O)OC2CCCCC2)cc1. The van der Waals surface area contributed by atoms with Crippen LogP contribution in [0.3, 0.4) is 0 Å². The van der Waals surface area contributed by atoms with E-state index >= 15 is 0 Å². The molecule has 1 heterocycles. The summed E-state index contributed by atoms with van der Waals surface area (Å²) in [5.41, 5.74) is 3.98. The number of rotatable bonds is 15. The van der Waals surface area contributed by atoms with Crippen molar-refractivity contribution < 1.29 is 38.6 Å². The summed E-state index contributed by atoms with van der Waals surface area (Å²) in [5.74, 6) is -0.929. The second-order valence-corrected chi connectivity index (χ2v) is 11.8. The predicted molar refractivity (Wildman–Crippen MR) is 172 cm³/mol. The summed E-state index contributed by atoms with van der Waals surface area (Å²) in [6, 6.07) is 15.6. The Morgan fingerprint density at radius 2 is 1.70 bits per heavy atom. The molecule has 252 valence electrons. The fourth-order valence-corrected chi connectivity index (χ4v) is 5.56. The first kappa shape index (κ1) is 35.1. The second-order valence-electron chi connectivity index (χ2n) is 11.8. The number of imidazole rings is 1. The number of amides is 2. The maximum absolute atomic E-state index is 13.6. The van der Waals surface area contributed by atoms with Gasteiger partial charge >= 0.3 is 12.1 Å². The van der Waals surface area contributed by atoms with Crippen LogP contribution < -0.4 is 10.8 Å². The summed E-state index contributed by atoms with van der Waals surface area (Å²) in [4.78, 5) is 55.0. The fourth-order valence-electron chi connectivity index (χ4n) is 5.56. The number of nitrogens with one attached hydrogen (secondary N) is 2. The van der Waals surface area contributed by atoms with E-state index in [2.05, 4.69) is 17.2 Å². The van der Waals surface area contributed by atoms with Crippen molar-refractivity contribution in [3.05, 3.63) is 89.0 Å². The van der Waals surface area contributed by atoms with Gasteiger partial charge in [0.25, 0.3) is 5.91 Å². The number of hydroxylamine groups is 1. The third kappa shape index (κ3) is 11.0. The molecule has 3 N–H and O–H groups in total. The highest BCUT2D eigenvalue weighted by Crippen LogP contribution is 2.21. The van der Waals surface area contributed by atoms with Crippen LogP contribution in [0.5, 0.6) is 0 Å². The molecule has 1 aliphatic rings. The number of unbranched alkanes of at least 4 members (excludes halogenated alkanes) is 1. The molecule has 3 aromatic rings. The van der Waals surface area contributed by atoms with Gasteiger partial charge in [-0.25, -0.2) is 20.1 Å². The Bertz CT molecular complexity index is 1470. The Labute approximate surface area is 274 Å². The molecule has 1 saturated carbocycles. The molecule has 2 atom stereocenters. The van der Waals surface area contributed by atoms with Gasteiger partial charge in [0.15, 0.2) is 0 Å². The number of esters is 1. The molecule has 4 rings (SSSR count). The van der Waals surface area contributed by atoms with Gasteiger partial charge in [0, 0.05) is 32.4 Å². The topological polar surface area (TPSA) is 158 Å². The van der Waals surface area contributed by atoms with Gasteiger partial charge in [-0.05, 0) is 61.8 Å². The van der Waals surface area contributed by atoms with Crippen LogP contribution in [-0.4, -0.2) is 57.1 Å². The van der Waals surface area contributed by atoms with Crippen LogP contribution >= 0.6 is 0 Å². The quantitative estimate of drug-likeness (QED) is 0.0838. The van der Waals surface area contributed by atoms with Gasteiger partial charge in [-0.2, -0.15) is 0 Å². The van der Waals surface area contributed by atoms with Crippen LogP contribution in [0.4, 0.5) is 4.79 Å². The molecular formula is C35H44N4O8. The molecule has 0 spiro atoms. The normalized spacial score (nSPS) is 14.4. The minimum atomic E-state index is -1.12. The van der Waals surface area contributed by atoms with Gasteiger partial charge in [-0.1, -0.05) is 62.2 Å². The molecule has 2 unspecified atom stereocenters. The summed E-state index contributed by atoms with van der Waals surface area (Å²) in [6.07, 6.45) is 6.90. The van der Waals surface area contributed by atoms with E-state index in [1.165, 1.54) is 13.1 Å². The minimum absolute atomic E-state index is 0.114. The largest absolute Gasteiger partial charge is 0.511 e. The highest BCUT2D eigenvalue weighted by atomic mass is 16.8. The highest BCUT2D eigenvalue weighted by Gasteiger charge is 2.24. The molecule has 2 amide bonds. The zero-order valence-electron chi connectivity index (χ0n) is 27.0. The van der Waals surface area contributed by atoms with Gasteiger partial charge < -0.3 is 24.1 Å². The number of aromatic nitrogens is 2. The molecule has 47 heavy (non-hydrogen) atoms.